The normalized spacial score (nSPS) is 9.73. The van der Waals surface area contributed by atoms with Gasteiger partial charge in [0.15, 0.2) is 0 Å². The number of rotatable bonds is 8. The quantitative estimate of drug-likeness (QED) is 0.347. The molecule has 3 nitrogen and oxygen atoms in total. The van der Waals surface area contributed by atoms with Gasteiger partial charge in [-0.05, 0) is 6.92 Å². The summed E-state index contributed by atoms with van der Waals surface area (Å²) in [7, 11) is 0. The van der Waals surface area contributed by atoms with Crippen LogP contribution in [-0.4, -0.2) is 37.1 Å². The Morgan fingerprint density at radius 1 is 1.33 bits per heavy atom. The van der Waals surface area contributed by atoms with Gasteiger partial charge in [-0.3, -0.25) is 4.90 Å². The summed E-state index contributed by atoms with van der Waals surface area (Å²) in [6.07, 6.45) is 3.62. The standard InChI is InChI=1S/C12H19NO2/c1-5-7-13(8-6-2)9-10-15-12(14)11(3)4/h5-6H,1-3,7-10H2,4H3. The molecule has 0 aromatic carbocycles. The number of esters is 1. The van der Waals surface area contributed by atoms with E-state index in [1.807, 2.05) is 12.2 Å². The van der Waals surface area contributed by atoms with E-state index >= 15 is 0 Å². The molecule has 0 aliphatic rings. The van der Waals surface area contributed by atoms with Gasteiger partial charge in [-0.2, -0.15) is 0 Å². The second-order valence-electron chi connectivity index (χ2n) is 3.25. The molecule has 0 amide bonds. The first-order chi connectivity index (χ1) is 7.11. The van der Waals surface area contributed by atoms with Gasteiger partial charge in [-0.15, -0.1) is 13.2 Å². The molecule has 0 saturated carbocycles. The van der Waals surface area contributed by atoms with Crippen LogP contribution in [0.15, 0.2) is 37.5 Å². The predicted octanol–water partition coefficient (Wildman–Crippen LogP) is 1.78. The molecule has 0 atom stereocenters. The molecule has 0 heterocycles. The highest BCUT2D eigenvalue weighted by Gasteiger charge is 2.04. The zero-order chi connectivity index (χ0) is 11.7. The molecule has 0 N–H and O–H groups in total. The summed E-state index contributed by atoms with van der Waals surface area (Å²) in [4.78, 5) is 13.1. The van der Waals surface area contributed by atoms with E-state index in [2.05, 4.69) is 24.6 Å². The Labute approximate surface area is 91.7 Å². The van der Waals surface area contributed by atoms with Crippen LogP contribution in [0.2, 0.25) is 0 Å². The second-order valence-corrected chi connectivity index (χ2v) is 3.25. The van der Waals surface area contributed by atoms with Gasteiger partial charge in [0.05, 0.1) is 0 Å². The van der Waals surface area contributed by atoms with E-state index in [0.717, 1.165) is 13.1 Å². The average Bonchev–Trinajstić information content (AvgIpc) is 2.18. The minimum atomic E-state index is -0.341. The topological polar surface area (TPSA) is 29.5 Å². The number of nitrogens with zero attached hydrogens (tertiary/aromatic N) is 1. The molecular weight excluding hydrogens is 190 g/mol. The van der Waals surface area contributed by atoms with E-state index in [0.29, 0.717) is 18.7 Å². The van der Waals surface area contributed by atoms with Crippen molar-refractivity contribution in [1.82, 2.24) is 4.90 Å². The first kappa shape index (κ1) is 13.7. The molecule has 0 aliphatic heterocycles. The summed E-state index contributed by atoms with van der Waals surface area (Å²) >= 11 is 0. The zero-order valence-electron chi connectivity index (χ0n) is 9.37. The highest BCUT2D eigenvalue weighted by molar-refractivity contribution is 5.86. The van der Waals surface area contributed by atoms with Crippen molar-refractivity contribution in [1.29, 1.82) is 0 Å². The molecule has 0 fully saturated rings. The minimum absolute atomic E-state index is 0.341. The molecule has 0 aromatic heterocycles. The lowest BCUT2D eigenvalue weighted by molar-refractivity contribution is -0.139. The van der Waals surface area contributed by atoms with Crippen molar-refractivity contribution in [3.8, 4) is 0 Å². The second kappa shape index (κ2) is 8.00. The van der Waals surface area contributed by atoms with E-state index in [1.54, 1.807) is 6.92 Å². The van der Waals surface area contributed by atoms with Crippen LogP contribution in [0.25, 0.3) is 0 Å². The molecule has 0 aliphatic carbocycles. The van der Waals surface area contributed by atoms with Crippen LogP contribution in [0.1, 0.15) is 6.92 Å². The van der Waals surface area contributed by atoms with E-state index < -0.39 is 0 Å². The van der Waals surface area contributed by atoms with E-state index in [1.165, 1.54) is 0 Å². The zero-order valence-corrected chi connectivity index (χ0v) is 9.37. The van der Waals surface area contributed by atoms with Gasteiger partial charge in [-0.1, -0.05) is 18.7 Å². The van der Waals surface area contributed by atoms with E-state index in [4.69, 9.17) is 4.74 Å². The first-order valence-corrected chi connectivity index (χ1v) is 4.88. The van der Waals surface area contributed by atoms with Crippen LogP contribution in [0.5, 0.6) is 0 Å². The summed E-state index contributed by atoms with van der Waals surface area (Å²) in [5.41, 5.74) is 0.425. The van der Waals surface area contributed by atoms with Crippen molar-refractivity contribution in [2.45, 2.75) is 6.92 Å². The fraction of sp³-hybridized carbons (Fsp3) is 0.417. The van der Waals surface area contributed by atoms with Crippen molar-refractivity contribution in [3.05, 3.63) is 37.5 Å². The molecule has 0 unspecified atom stereocenters. The lowest BCUT2D eigenvalue weighted by Crippen LogP contribution is -2.28. The number of ether oxygens (including phenoxy) is 1. The van der Waals surface area contributed by atoms with Gasteiger partial charge in [0.1, 0.15) is 6.61 Å². The fourth-order valence-corrected chi connectivity index (χ4v) is 1.01. The lowest BCUT2D eigenvalue weighted by atomic mass is 10.4. The predicted molar refractivity (Wildman–Crippen MR) is 62.6 cm³/mol. The van der Waals surface area contributed by atoms with Crippen molar-refractivity contribution in [3.63, 3.8) is 0 Å². The molecule has 3 heteroatoms. The van der Waals surface area contributed by atoms with Crippen LogP contribution in [0, 0.1) is 0 Å². The van der Waals surface area contributed by atoms with E-state index in [9.17, 15) is 4.79 Å². The third-order valence-electron chi connectivity index (χ3n) is 1.76. The maximum absolute atomic E-state index is 11.1. The van der Waals surface area contributed by atoms with Crippen LogP contribution in [-0.2, 0) is 9.53 Å². The maximum atomic E-state index is 11.1. The molecule has 0 saturated heterocycles. The van der Waals surface area contributed by atoms with Crippen LogP contribution in [0.4, 0.5) is 0 Å². The molecule has 0 spiro atoms. The maximum Gasteiger partial charge on any atom is 0.333 e. The lowest BCUT2D eigenvalue weighted by Gasteiger charge is -2.18. The number of hydrogen-bond acceptors (Lipinski definition) is 3. The Kier molecular flexibility index (Phi) is 7.28. The third kappa shape index (κ3) is 6.69. The SMILES string of the molecule is C=CCN(CC=C)CCOC(=O)C(=C)C. The summed E-state index contributed by atoms with van der Waals surface area (Å²) in [5, 5.41) is 0. The van der Waals surface area contributed by atoms with Crippen LogP contribution in [0.3, 0.4) is 0 Å². The van der Waals surface area contributed by atoms with Gasteiger partial charge in [0, 0.05) is 25.2 Å². The summed E-state index contributed by atoms with van der Waals surface area (Å²) in [6.45, 7) is 15.0. The van der Waals surface area contributed by atoms with Gasteiger partial charge in [0.25, 0.3) is 0 Å². The third-order valence-corrected chi connectivity index (χ3v) is 1.76. The Morgan fingerprint density at radius 2 is 1.87 bits per heavy atom. The Hall–Kier alpha value is -1.35. The van der Waals surface area contributed by atoms with Gasteiger partial charge >= 0.3 is 5.97 Å². The smallest absolute Gasteiger partial charge is 0.333 e. The summed E-state index contributed by atoms with van der Waals surface area (Å²) in [5.74, 6) is -0.341. The highest BCUT2D eigenvalue weighted by atomic mass is 16.5. The average molecular weight is 209 g/mol. The molecule has 84 valence electrons. The van der Waals surface area contributed by atoms with Crippen molar-refractivity contribution in [2.24, 2.45) is 0 Å². The van der Waals surface area contributed by atoms with Crippen molar-refractivity contribution < 1.29 is 9.53 Å². The number of hydrogen-bond donors (Lipinski definition) is 0. The van der Waals surface area contributed by atoms with Crippen molar-refractivity contribution >= 4 is 5.97 Å². The molecule has 0 radical (unpaired) electrons. The monoisotopic (exact) mass is 209 g/mol. The fourth-order valence-electron chi connectivity index (χ4n) is 1.01. The van der Waals surface area contributed by atoms with E-state index in [-0.39, 0.29) is 5.97 Å². The van der Waals surface area contributed by atoms with Gasteiger partial charge < -0.3 is 4.74 Å². The molecular formula is C12H19NO2. The molecule has 0 aromatic rings. The first-order valence-electron chi connectivity index (χ1n) is 4.88. The van der Waals surface area contributed by atoms with Gasteiger partial charge in [0.2, 0.25) is 0 Å². The molecule has 15 heavy (non-hydrogen) atoms. The molecule has 0 bridgehead atoms. The van der Waals surface area contributed by atoms with Gasteiger partial charge in [-0.25, -0.2) is 4.79 Å². The number of carbonyl (C=O) groups is 1. The Bertz CT molecular complexity index is 236. The Balaban J connectivity index is 3.79. The summed E-state index contributed by atoms with van der Waals surface area (Å²) < 4.78 is 4.98. The van der Waals surface area contributed by atoms with Crippen molar-refractivity contribution in [2.75, 3.05) is 26.2 Å². The molecule has 0 rings (SSSR count). The Morgan fingerprint density at radius 3 is 2.27 bits per heavy atom. The summed E-state index contributed by atoms with van der Waals surface area (Å²) in [6, 6.07) is 0. The van der Waals surface area contributed by atoms with Crippen LogP contribution >= 0.6 is 0 Å². The number of carbonyl (C=O) groups excluding carboxylic acids is 1. The minimum Gasteiger partial charge on any atom is -0.461 e. The largest absolute Gasteiger partial charge is 0.461 e. The highest BCUT2D eigenvalue weighted by Crippen LogP contribution is 1.94. The van der Waals surface area contributed by atoms with Crippen LogP contribution < -0.4 is 0 Å².